The van der Waals surface area contributed by atoms with E-state index in [0.717, 1.165) is 13.1 Å². The summed E-state index contributed by atoms with van der Waals surface area (Å²) in [6.07, 6.45) is 44.3. The molecule has 0 spiro atoms. The molecule has 0 aliphatic rings. The zero-order valence-electron chi connectivity index (χ0n) is 44.2. The number of hydrogen-bond acceptors (Lipinski definition) is 0. The van der Waals surface area contributed by atoms with Crippen LogP contribution in [0.15, 0.2) is 84.9 Å². The Bertz CT molecular complexity index is 2340. The van der Waals surface area contributed by atoms with Crippen molar-refractivity contribution in [1.29, 1.82) is 0 Å². The Morgan fingerprint density at radius 3 is 0.809 bits per heavy atom. The predicted octanol–water partition coefficient (Wildman–Crippen LogP) is 22.0. The van der Waals surface area contributed by atoms with Crippen LogP contribution in [-0.2, 0) is 13.1 Å². The second kappa shape index (κ2) is 28.8. The summed E-state index contributed by atoms with van der Waals surface area (Å²) in [4.78, 5) is 0. The van der Waals surface area contributed by atoms with Gasteiger partial charge in [-0.05, 0) is 95.5 Å². The number of fused-ring (bicyclic) bond motifs is 8. The van der Waals surface area contributed by atoms with Gasteiger partial charge in [0, 0.05) is 56.7 Å². The van der Waals surface area contributed by atoms with E-state index in [4.69, 9.17) is 0 Å². The lowest BCUT2D eigenvalue weighted by molar-refractivity contribution is 0.364. The lowest BCUT2D eigenvalue weighted by Crippen LogP contribution is -2.12. The molecule has 0 aliphatic carbocycles. The van der Waals surface area contributed by atoms with Crippen LogP contribution in [0, 0.1) is 11.8 Å². The van der Waals surface area contributed by atoms with Crippen LogP contribution in [0.5, 0.6) is 0 Å². The molecule has 370 valence electrons. The number of nitrogens with zero attached hydrogens (tertiary/aromatic N) is 2. The molecule has 2 aromatic heterocycles. The maximum absolute atomic E-state index is 2.82. The van der Waals surface area contributed by atoms with Gasteiger partial charge in [0.2, 0.25) is 0 Å². The molecule has 7 aromatic rings. The molecular formula is C66H96N2. The smallest absolute Gasteiger partial charge is 0.0499 e. The molecule has 0 aliphatic heterocycles. The van der Waals surface area contributed by atoms with E-state index in [-0.39, 0.29) is 0 Å². The van der Waals surface area contributed by atoms with E-state index in [9.17, 15) is 0 Å². The van der Waals surface area contributed by atoms with Gasteiger partial charge in [-0.25, -0.2) is 0 Å². The first-order valence-corrected chi connectivity index (χ1v) is 29.4. The second-order valence-electron chi connectivity index (χ2n) is 21.9. The van der Waals surface area contributed by atoms with E-state index in [1.807, 2.05) is 0 Å². The summed E-state index contributed by atoms with van der Waals surface area (Å²) in [6.45, 7) is 11.6. The van der Waals surface area contributed by atoms with Crippen molar-refractivity contribution in [2.75, 3.05) is 0 Å². The monoisotopic (exact) mass is 917 g/mol. The summed E-state index contributed by atoms with van der Waals surface area (Å²) < 4.78 is 5.63. The second-order valence-corrected chi connectivity index (χ2v) is 21.9. The highest BCUT2D eigenvalue weighted by molar-refractivity contribution is 6.20. The first-order valence-electron chi connectivity index (χ1n) is 29.4. The number of unbranched alkanes of at least 4 members (excludes halogenated alkanes) is 24. The zero-order valence-corrected chi connectivity index (χ0v) is 44.2. The lowest BCUT2D eigenvalue weighted by atomic mass is 9.93. The van der Waals surface area contributed by atoms with Crippen molar-refractivity contribution in [2.24, 2.45) is 11.8 Å². The van der Waals surface area contributed by atoms with Crippen LogP contribution in [0.1, 0.15) is 233 Å². The summed E-state index contributed by atoms with van der Waals surface area (Å²) in [6, 6.07) is 33.8. The van der Waals surface area contributed by atoms with Gasteiger partial charge in [0.1, 0.15) is 0 Å². The van der Waals surface area contributed by atoms with Crippen LogP contribution in [0.2, 0.25) is 0 Å². The standard InChI is InChI=1S/C66H96N2/c1-5-9-13-17-21-23-27-31-39-53(37-29-25-19-15-11-7-3)51-67-63-47-57-43-35-33-41-55(57)45-59(63)61-50-66-62(49-65(61)67)60-46-56-42-34-36-44-58(56)48-64(60)68(66)52-54(38-30-26-20-16-12-8-4)40-32-28-24-22-18-14-10-6-2/h33-36,41-50,53-54H,5-32,37-40,51-52H2,1-4H3. The van der Waals surface area contributed by atoms with Gasteiger partial charge >= 0.3 is 0 Å². The van der Waals surface area contributed by atoms with Gasteiger partial charge in [-0.1, -0.05) is 256 Å². The number of aromatic nitrogens is 2. The molecule has 2 unspecified atom stereocenters. The van der Waals surface area contributed by atoms with Gasteiger partial charge in [-0.2, -0.15) is 0 Å². The van der Waals surface area contributed by atoms with Crippen molar-refractivity contribution in [3.8, 4) is 0 Å². The minimum absolute atomic E-state index is 0.701. The van der Waals surface area contributed by atoms with Gasteiger partial charge in [-0.3, -0.25) is 0 Å². The summed E-state index contributed by atoms with van der Waals surface area (Å²) in [7, 11) is 0. The number of hydrogen-bond donors (Lipinski definition) is 0. The molecule has 2 atom stereocenters. The van der Waals surface area contributed by atoms with Crippen molar-refractivity contribution in [3.63, 3.8) is 0 Å². The Hall–Kier alpha value is -3.78. The van der Waals surface area contributed by atoms with Crippen LogP contribution in [-0.4, -0.2) is 9.13 Å². The number of benzene rings is 5. The van der Waals surface area contributed by atoms with Gasteiger partial charge in [0.25, 0.3) is 0 Å². The van der Waals surface area contributed by atoms with Crippen LogP contribution in [0.3, 0.4) is 0 Å². The molecule has 2 heterocycles. The van der Waals surface area contributed by atoms with E-state index in [0.29, 0.717) is 11.8 Å². The third-order valence-corrected chi connectivity index (χ3v) is 16.3. The SMILES string of the molecule is CCCCCCCCCCC(CCCCCCCC)Cn1c2cc3ccccc3cc2c2cc3c(cc21)c1cc2ccccc2cc1n3CC(CCCCCCCC)CCCCCCCCCC. The van der Waals surface area contributed by atoms with Crippen molar-refractivity contribution >= 4 is 65.2 Å². The van der Waals surface area contributed by atoms with Crippen LogP contribution >= 0.6 is 0 Å². The lowest BCUT2D eigenvalue weighted by Gasteiger charge is -2.20. The Labute approximate surface area is 415 Å². The van der Waals surface area contributed by atoms with Crippen LogP contribution in [0.25, 0.3) is 65.2 Å². The molecule has 0 fully saturated rings. The maximum Gasteiger partial charge on any atom is 0.0499 e. The molecule has 0 bridgehead atoms. The molecule has 7 rings (SSSR count). The highest BCUT2D eigenvalue weighted by atomic mass is 15.0. The minimum Gasteiger partial charge on any atom is -0.340 e. The molecule has 0 saturated heterocycles. The Morgan fingerprint density at radius 1 is 0.279 bits per heavy atom. The highest BCUT2D eigenvalue weighted by Crippen LogP contribution is 2.41. The minimum atomic E-state index is 0.701. The largest absolute Gasteiger partial charge is 0.340 e. The molecule has 2 heteroatoms. The summed E-state index contributed by atoms with van der Waals surface area (Å²) in [5.74, 6) is 1.40. The molecule has 2 nitrogen and oxygen atoms in total. The van der Waals surface area contributed by atoms with Crippen molar-refractivity contribution in [1.82, 2.24) is 9.13 Å². The zero-order chi connectivity index (χ0) is 47.2. The average molecular weight is 918 g/mol. The van der Waals surface area contributed by atoms with Gasteiger partial charge < -0.3 is 9.13 Å². The van der Waals surface area contributed by atoms with Crippen molar-refractivity contribution < 1.29 is 0 Å². The van der Waals surface area contributed by atoms with E-state index in [1.165, 1.54) is 271 Å². The van der Waals surface area contributed by atoms with E-state index in [2.05, 4.69) is 122 Å². The fourth-order valence-electron chi connectivity index (χ4n) is 12.2. The maximum atomic E-state index is 2.82. The molecule has 68 heavy (non-hydrogen) atoms. The quantitative estimate of drug-likeness (QED) is 0.0347. The first-order chi connectivity index (χ1) is 33.6. The molecular weight excluding hydrogens is 821 g/mol. The van der Waals surface area contributed by atoms with Crippen molar-refractivity contribution in [3.05, 3.63) is 84.9 Å². The van der Waals surface area contributed by atoms with Gasteiger partial charge in [-0.15, -0.1) is 0 Å². The predicted molar refractivity (Wildman–Crippen MR) is 305 cm³/mol. The molecule has 0 saturated carbocycles. The normalized spacial score (nSPS) is 13.1. The number of rotatable bonds is 36. The molecule has 0 N–H and O–H groups in total. The molecule has 0 radical (unpaired) electrons. The Morgan fingerprint density at radius 2 is 0.515 bits per heavy atom. The van der Waals surface area contributed by atoms with Crippen LogP contribution in [0.4, 0.5) is 0 Å². The van der Waals surface area contributed by atoms with Gasteiger partial charge in [0.05, 0.1) is 0 Å². The Balaban J connectivity index is 1.26. The summed E-state index contributed by atoms with van der Waals surface area (Å²) in [5.41, 5.74) is 5.77. The average Bonchev–Trinajstić information content (AvgIpc) is 3.81. The third-order valence-electron chi connectivity index (χ3n) is 16.3. The fourth-order valence-corrected chi connectivity index (χ4v) is 12.2. The summed E-state index contributed by atoms with van der Waals surface area (Å²) in [5, 5.41) is 11.2. The first kappa shape index (κ1) is 52.1. The van der Waals surface area contributed by atoms with Crippen LogP contribution < -0.4 is 0 Å². The highest BCUT2D eigenvalue weighted by Gasteiger charge is 2.22. The van der Waals surface area contributed by atoms with E-state index in [1.54, 1.807) is 0 Å². The van der Waals surface area contributed by atoms with E-state index < -0.39 is 0 Å². The summed E-state index contributed by atoms with van der Waals surface area (Å²) >= 11 is 0. The third kappa shape index (κ3) is 14.6. The topological polar surface area (TPSA) is 9.86 Å². The van der Waals surface area contributed by atoms with E-state index >= 15 is 0 Å². The molecule has 5 aromatic carbocycles. The Kier molecular flexibility index (Phi) is 22.0. The van der Waals surface area contributed by atoms with Crippen molar-refractivity contribution in [2.45, 2.75) is 246 Å². The van der Waals surface area contributed by atoms with Gasteiger partial charge in [0.15, 0.2) is 0 Å². The fraction of sp³-hybridized carbons (Fsp3) is 0.606. The molecule has 0 amide bonds.